The number of fused-ring (bicyclic) bond motifs is 1. The van der Waals surface area contributed by atoms with Crippen LogP contribution in [-0.4, -0.2) is 16.8 Å². The Morgan fingerprint density at radius 1 is 0.793 bits per heavy atom. The molecule has 1 heterocycles. The molecule has 0 fully saturated rings. The zero-order valence-electron chi connectivity index (χ0n) is 15.1. The number of para-hydroxylation sites is 1. The molecule has 4 rings (SSSR count). The zero-order valence-corrected chi connectivity index (χ0v) is 16.8. The highest BCUT2D eigenvalue weighted by molar-refractivity contribution is 7.91. The fraction of sp³-hybridized carbons (Fsp3) is 0.0476. The Morgan fingerprint density at radius 2 is 1.45 bits per heavy atom. The molecule has 148 valence electrons. The molecule has 0 atom stereocenters. The van der Waals surface area contributed by atoms with Gasteiger partial charge in [-0.1, -0.05) is 36.4 Å². The van der Waals surface area contributed by atoms with Gasteiger partial charge in [0.25, 0.3) is 0 Å². The fourth-order valence-electron chi connectivity index (χ4n) is 3.14. The van der Waals surface area contributed by atoms with Crippen LogP contribution in [0, 0.1) is 0 Å². The topological polar surface area (TPSA) is 107 Å². The van der Waals surface area contributed by atoms with Gasteiger partial charge in [0, 0.05) is 10.9 Å². The Hall–Kier alpha value is -2.94. The highest BCUT2D eigenvalue weighted by atomic mass is 32.2. The maximum atomic E-state index is 12.8. The number of sulfone groups is 1. The molecule has 0 aliphatic rings. The Bertz CT molecular complexity index is 1370. The van der Waals surface area contributed by atoms with Gasteiger partial charge in [0.1, 0.15) is 11.3 Å². The minimum atomic E-state index is -4.02. The van der Waals surface area contributed by atoms with E-state index < -0.39 is 25.6 Å². The van der Waals surface area contributed by atoms with Crippen molar-refractivity contribution in [2.75, 3.05) is 0 Å². The first kappa shape index (κ1) is 19.4. The van der Waals surface area contributed by atoms with Crippen LogP contribution in [0.2, 0.25) is 0 Å². The number of benzene rings is 3. The quantitative estimate of drug-likeness (QED) is 0.522. The molecule has 2 N–H and O–H groups in total. The first-order valence-corrected chi connectivity index (χ1v) is 11.9. The number of nitrogens with two attached hydrogens (primary N) is 1. The summed E-state index contributed by atoms with van der Waals surface area (Å²) in [5, 5.41) is 6.16. The molecule has 0 radical (unpaired) electrons. The Morgan fingerprint density at radius 3 is 2.14 bits per heavy atom. The Labute approximate surface area is 168 Å². The SMILES string of the molecule is NS(=O)(=O)c1ccccc1CS(=O)(=O)c1ccc(-c2cc3ccccc3o2)cc1. The molecule has 0 saturated carbocycles. The summed E-state index contributed by atoms with van der Waals surface area (Å²) in [6.07, 6.45) is 0. The van der Waals surface area contributed by atoms with E-state index in [1.54, 1.807) is 18.2 Å². The molecular formula is C21H17NO5S2. The summed E-state index contributed by atoms with van der Waals surface area (Å²) in [6.45, 7) is 0. The third kappa shape index (κ3) is 3.95. The number of rotatable bonds is 5. The largest absolute Gasteiger partial charge is 0.456 e. The van der Waals surface area contributed by atoms with E-state index >= 15 is 0 Å². The third-order valence-electron chi connectivity index (χ3n) is 4.55. The van der Waals surface area contributed by atoms with E-state index in [0.717, 1.165) is 16.5 Å². The maximum Gasteiger partial charge on any atom is 0.238 e. The lowest BCUT2D eigenvalue weighted by atomic mass is 10.1. The van der Waals surface area contributed by atoms with Crippen molar-refractivity contribution in [1.82, 2.24) is 0 Å². The lowest BCUT2D eigenvalue weighted by molar-refractivity contribution is 0.593. The normalized spacial score (nSPS) is 12.3. The van der Waals surface area contributed by atoms with Crippen molar-refractivity contribution in [3.8, 4) is 11.3 Å². The average Bonchev–Trinajstić information content (AvgIpc) is 3.12. The van der Waals surface area contributed by atoms with Crippen LogP contribution in [0.25, 0.3) is 22.3 Å². The lowest BCUT2D eigenvalue weighted by Gasteiger charge is -2.09. The summed E-state index contributed by atoms with van der Waals surface area (Å²) in [4.78, 5) is -0.107. The molecule has 4 aromatic rings. The van der Waals surface area contributed by atoms with Crippen molar-refractivity contribution in [3.05, 3.63) is 84.4 Å². The van der Waals surface area contributed by atoms with Crippen molar-refractivity contribution >= 4 is 30.8 Å². The monoisotopic (exact) mass is 427 g/mol. The lowest BCUT2D eigenvalue weighted by Crippen LogP contribution is -2.16. The van der Waals surface area contributed by atoms with Gasteiger partial charge in [-0.15, -0.1) is 0 Å². The fourth-order valence-corrected chi connectivity index (χ4v) is 5.38. The predicted octanol–water partition coefficient (Wildman–Crippen LogP) is 3.72. The van der Waals surface area contributed by atoms with Crippen LogP contribution in [-0.2, 0) is 25.6 Å². The molecule has 3 aromatic carbocycles. The highest BCUT2D eigenvalue weighted by Crippen LogP contribution is 2.29. The molecule has 0 unspecified atom stereocenters. The number of primary sulfonamides is 1. The second kappa shape index (κ2) is 7.14. The average molecular weight is 428 g/mol. The Kier molecular flexibility index (Phi) is 4.77. The van der Waals surface area contributed by atoms with Crippen LogP contribution < -0.4 is 5.14 Å². The zero-order chi connectivity index (χ0) is 20.6. The van der Waals surface area contributed by atoms with Crippen molar-refractivity contribution in [2.24, 2.45) is 5.14 Å². The summed E-state index contributed by atoms with van der Waals surface area (Å²) in [7, 11) is -7.79. The smallest absolute Gasteiger partial charge is 0.238 e. The van der Waals surface area contributed by atoms with Crippen LogP contribution in [0.4, 0.5) is 0 Å². The van der Waals surface area contributed by atoms with Gasteiger partial charge in [-0.05, 0) is 48.0 Å². The number of hydrogen-bond acceptors (Lipinski definition) is 5. The summed E-state index contributed by atoms with van der Waals surface area (Å²) in [6, 6.07) is 21.6. The first-order chi connectivity index (χ1) is 13.7. The van der Waals surface area contributed by atoms with Gasteiger partial charge in [0.05, 0.1) is 15.5 Å². The summed E-state index contributed by atoms with van der Waals surface area (Å²) >= 11 is 0. The minimum absolute atomic E-state index is 0.0848. The van der Waals surface area contributed by atoms with Gasteiger partial charge in [0.15, 0.2) is 9.84 Å². The molecule has 0 saturated heterocycles. The van der Waals surface area contributed by atoms with Gasteiger partial charge in [-0.25, -0.2) is 22.0 Å². The van der Waals surface area contributed by atoms with Crippen LogP contribution in [0.3, 0.4) is 0 Å². The van der Waals surface area contributed by atoms with Gasteiger partial charge in [-0.3, -0.25) is 0 Å². The summed E-state index contributed by atoms with van der Waals surface area (Å²) in [5.74, 6) is 0.165. The standard InChI is InChI=1S/C21H17NO5S2/c22-29(25,26)21-8-4-2-6-17(21)14-28(23,24)18-11-9-15(10-12-18)20-13-16-5-1-3-7-19(16)27-20/h1-13H,14H2,(H2,22,25,26). The van der Waals surface area contributed by atoms with Crippen molar-refractivity contribution in [3.63, 3.8) is 0 Å². The van der Waals surface area contributed by atoms with Crippen LogP contribution >= 0.6 is 0 Å². The van der Waals surface area contributed by atoms with Crippen LogP contribution in [0.15, 0.2) is 93.1 Å². The van der Waals surface area contributed by atoms with Crippen molar-refractivity contribution in [1.29, 1.82) is 0 Å². The van der Waals surface area contributed by atoms with E-state index in [0.29, 0.717) is 5.76 Å². The molecule has 0 spiro atoms. The van der Waals surface area contributed by atoms with Gasteiger partial charge in [0.2, 0.25) is 10.0 Å². The van der Waals surface area contributed by atoms with Crippen LogP contribution in [0.5, 0.6) is 0 Å². The summed E-state index contributed by atoms with van der Waals surface area (Å²) < 4.78 is 54.9. The molecule has 0 aliphatic carbocycles. The summed E-state index contributed by atoms with van der Waals surface area (Å²) in [5.41, 5.74) is 1.63. The minimum Gasteiger partial charge on any atom is -0.456 e. The molecule has 0 amide bonds. The molecular weight excluding hydrogens is 410 g/mol. The van der Waals surface area contributed by atoms with Crippen molar-refractivity contribution < 1.29 is 21.3 Å². The second-order valence-electron chi connectivity index (χ2n) is 6.58. The van der Waals surface area contributed by atoms with E-state index in [9.17, 15) is 16.8 Å². The molecule has 8 heteroatoms. The predicted molar refractivity (Wildman–Crippen MR) is 110 cm³/mol. The molecule has 0 bridgehead atoms. The van der Waals surface area contributed by atoms with Crippen molar-refractivity contribution in [2.45, 2.75) is 15.5 Å². The van der Waals surface area contributed by atoms with Gasteiger partial charge >= 0.3 is 0 Å². The number of sulfonamides is 1. The Balaban J connectivity index is 1.65. The molecule has 6 nitrogen and oxygen atoms in total. The van der Waals surface area contributed by atoms with E-state index in [2.05, 4.69) is 0 Å². The van der Waals surface area contributed by atoms with Gasteiger partial charge < -0.3 is 4.42 Å². The van der Waals surface area contributed by atoms with E-state index in [4.69, 9.17) is 9.56 Å². The third-order valence-corrected chi connectivity index (χ3v) is 7.24. The van der Waals surface area contributed by atoms with Crippen LogP contribution in [0.1, 0.15) is 5.56 Å². The van der Waals surface area contributed by atoms with E-state index in [1.807, 2.05) is 30.3 Å². The number of hydrogen-bond donors (Lipinski definition) is 1. The maximum absolute atomic E-state index is 12.8. The number of furan rings is 1. The van der Waals surface area contributed by atoms with E-state index in [-0.39, 0.29) is 15.4 Å². The molecule has 0 aliphatic heterocycles. The second-order valence-corrected chi connectivity index (χ2v) is 10.1. The first-order valence-electron chi connectivity index (χ1n) is 8.66. The van der Waals surface area contributed by atoms with Gasteiger partial charge in [-0.2, -0.15) is 0 Å². The van der Waals surface area contributed by atoms with E-state index in [1.165, 1.54) is 30.3 Å². The highest BCUT2D eigenvalue weighted by Gasteiger charge is 2.21. The molecule has 29 heavy (non-hydrogen) atoms. The molecule has 1 aromatic heterocycles.